The zero-order chi connectivity index (χ0) is 12.5. The van der Waals surface area contributed by atoms with Gasteiger partial charge in [0.05, 0.1) is 0 Å². The van der Waals surface area contributed by atoms with Gasteiger partial charge in [0.25, 0.3) is 0 Å². The minimum atomic E-state index is -3.70. The van der Waals surface area contributed by atoms with Crippen molar-refractivity contribution in [1.82, 2.24) is 9.71 Å². The molecule has 1 heterocycles. The maximum absolute atomic E-state index is 11.9. The van der Waals surface area contributed by atoms with E-state index in [0.717, 1.165) is 12.8 Å². The van der Waals surface area contributed by atoms with Gasteiger partial charge in [0.2, 0.25) is 15.5 Å². The van der Waals surface area contributed by atoms with Gasteiger partial charge in [-0.15, -0.1) is 0 Å². The number of rotatable bonds is 5. The molecule has 0 saturated heterocycles. The molecule has 7 heteroatoms. The van der Waals surface area contributed by atoms with Crippen molar-refractivity contribution in [1.29, 1.82) is 0 Å². The third kappa shape index (κ3) is 2.72. The standard InChI is InChI=1S/C10H14N2O3S2/c1-16-10(3-4-10)7-12-17(14,15)9-6-11-5-2-8(9)13/h2,5-6,12H,3-4,7H2,1H3,(H,11,13). The van der Waals surface area contributed by atoms with Gasteiger partial charge < -0.3 is 4.98 Å². The number of pyridine rings is 1. The molecular weight excluding hydrogens is 260 g/mol. The van der Waals surface area contributed by atoms with Gasteiger partial charge in [-0.25, -0.2) is 13.1 Å². The van der Waals surface area contributed by atoms with Crippen molar-refractivity contribution in [3.63, 3.8) is 0 Å². The number of hydrogen-bond acceptors (Lipinski definition) is 4. The third-order valence-electron chi connectivity index (χ3n) is 2.90. The van der Waals surface area contributed by atoms with E-state index in [4.69, 9.17) is 0 Å². The number of aromatic nitrogens is 1. The molecule has 2 N–H and O–H groups in total. The summed E-state index contributed by atoms with van der Waals surface area (Å²) in [6.45, 7) is 0.380. The molecular formula is C10H14N2O3S2. The van der Waals surface area contributed by atoms with Crippen LogP contribution in [0.3, 0.4) is 0 Å². The summed E-state index contributed by atoms with van der Waals surface area (Å²) in [6.07, 6.45) is 6.62. The highest BCUT2D eigenvalue weighted by molar-refractivity contribution is 8.00. The summed E-state index contributed by atoms with van der Waals surface area (Å²) >= 11 is 1.67. The van der Waals surface area contributed by atoms with E-state index >= 15 is 0 Å². The van der Waals surface area contributed by atoms with E-state index in [1.54, 1.807) is 11.8 Å². The van der Waals surface area contributed by atoms with Crippen LogP contribution in [0.4, 0.5) is 0 Å². The van der Waals surface area contributed by atoms with E-state index in [-0.39, 0.29) is 9.64 Å². The molecule has 5 nitrogen and oxygen atoms in total. The van der Waals surface area contributed by atoms with Crippen molar-refractivity contribution in [2.45, 2.75) is 22.5 Å². The van der Waals surface area contributed by atoms with E-state index < -0.39 is 15.5 Å². The molecule has 0 aliphatic heterocycles. The van der Waals surface area contributed by atoms with Gasteiger partial charge in [0.15, 0.2) is 0 Å². The number of sulfonamides is 1. The average Bonchev–Trinajstić information content (AvgIpc) is 3.08. The minimum absolute atomic E-state index is 0.0363. The smallest absolute Gasteiger partial charge is 0.245 e. The Morgan fingerprint density at radius 3 is 2.76 bits per heavy atom. The zero-order valence-electron chi connectivity index (χ0n) is 9.39. The molecule has 0 atom stereocenters. The summed E-state index contributed by atoms with van der Waals surface area (Å²) in [5.41, 5.74) is -0.495. The molecule has 0 radical (unpaired) electrons. The van der Waals surface area contributed by atoms with Crippen molar-refractivity contribution in [3.05, 3.63) is 28.7 Å². The highest BCUT2D eigenvalue weighted by Gasteiger charge is 2.42. The van der Waals surface area contributed by atoms with Crippen LogP contribution in [-0.4, -0.2) is 30.9 Å². The minimum Gasteiger partial charge on any atom is -0.366 e. The Labute approximate surface area is 104 Å². The van der Waals surface area contributed by atoms with E-state index in [1.807, 2.05) is 6.26 Å². The Morgan fingerprint density at radius 2 is 2.24 bits per heavy atom. The average molecular weight is 274 g/mol. The summed E-state index contributed by atoms with van der Waals surface area (Å²) in [5, 5.41) is 0. The maximum atomic E-state index is 11.9. The number of nitrogens with one attached hydrogen (secondary N) is 2. The highest BCUT2D eigenvalue weighted by Crippen LogP contribution is 2.46. The third-order valence-corrected chi connectivity index (χ3v) is 5.74. The van der Waals surface area contributed by atoms with Crippen LogP contribution in [0.5, 0.6) is 0 Å². The van der Waals surface area contributed by atoms with Gasteiger partial charge in [-0.2, -0.15) is 11.8 Å². The Bertz CT molecular complexity index is 561. The summed E-state index contributed by atoms with van der Waals surface area (Å²) < 4.78 is 26.3. The lowest BCUT2D eigenvalue weighted by Crippen LogP contribution is -2.34. The molecule has 2 rings (SSSR count). The molecule has 1 saturated carbocycles. The van der Waals surface area contributed by atoms with Crippen LogP contribution < -0.4 is 10.2 Å². The fraction of sp³-hybridized carbons (Fsp3) is 0.500. The second kappa shape index (κ2) is 4.47. The Balaban J connectivity index is 2.15. The van der Waals surface area contributed by atoms with E-state index in [2.05, 4.69) is 9.71 Å². The first-order valence-corrected chi connectivity index (χ1v) is 7.92. The van der Waals surface area contributed by atoms with Gasteiger partial charge in [0.1, 0.15) is 4.90 Å². The molecule has 0 spiro atoms. The molecule has 0 amide bonds. The van der Waals surface area contributed by atoms with E-state index in [1.165, 1.54) is 18.5 Å². The lowest BCUT2D eigenvalue weighted by molar-refractivity contribution is 0.578. The zero-order valence-corrected chi connectivity index (χ0v) is 11.0. The first-order valence-electron chi connectivity index (χ1n) is 5.21. The van der Waals surface area contributed by atoms with Gasteiger partial charge in [-0.1, -0.05) is 0 Å². The van der Waals surface area contributed by atoms with Crippen LogP contribution in [0.1, 0.15) is 12.8 Å². The van der Waals surface area contributed by atoms with Gasteiger partial charge in [-0.05, 0) is 19.1 Å². The van der Waals surface area contributed by atoms with Crippen molar-refractivity contribution in [2.24, 2.45) is 0 Å². The van der Waals surface area contributed by atoms with Gasteiger partial charge in [-0.3, -0.25) is 4.79 Å². The fourth-order valence-corrected chi connectivity index (χ4v) is 3.50. The van der Waals surface area contributed by atoms with Crippen molar-refractivity contribution >= 4 is 21.8 Å². The summed E-state index contributed by atoms with van der Waals surface area (Å²) in [6, 6.07) is 1.20. The lowest BCUT2D eigenvalue weighted by Gasteiger charge is -2.12. The molecule has 1 aliphatic carbocycles. The SMILES string of the molecule is CSC1(CNS(=O)(=O)c2c[nH]ccc2=O)CC1. The predicted molar refractivity (Wildman–Crippen MR) is 67.7 cm³/mol. The Hall–Kier alpha value is -0.790. The van der Waals surface area contributed by atoms with Crippen molar-refractivity contribution in [2.75, 3.05) is 12.8 Å². The monoisotopic (exact) mass is 274 g/mol. The number of aromatic amines is 1. The summed E-state index contributed by atoms with van der Waals surface area (Å²) in [5.74, 6) is 0. The number of H-pyrrole nitrogens is 1. The fourth-order valence-electron chi connectivity index (χ4n) is 1.51. The quantitative estimate of drug-likeness (QED) is 0.822. The number of thioether (sulfide) groups is 1. The summed E-state index contributed by atoms with van der Waals surface area (Å²) in [7, 11) is -3.70. The van der Waals surface area contributed by atoms with Crippen LogP contribution in [0.2, 0.25) is 0 Å². The molecule has 94 valence electrons. The molecule has 17 heavy (non-hydrogen) atoms. The molecule has 0 aromatic carbocycles. The van der Waals surface area contributed by atoms with Crippen LogP contribution in [-0.2, 0) is 10.0 Å². The number of hydrogen-bond donors (Lipinski definition) is 2. The Morgan fingerprint density at radius 1 is 1.53 bits per heavy atom. The highest BCUT2D eigenvalue weighted by atomic mass is 32.2. The van der Waals surface area contributed by atoms with Crippen molar-refractivity contribution < 1.29 is 8.42 Å². The molecule has 1 aliphatic rings. The normalized spacial score (nSPS) is 17.9. The van der Waals surface area contributed by atoms with Crippen LogP contribution >= 0.6 is 11.8 Å². The summed E-state index contributed by atoms with van der Waals surface area (Å²) in [4.78, 5) is 13.8. The molecule has 0 unspecified atom stereocenters. The van der Waals surface area contributed by atoms with Crippen LogP contribution in [0.25, 0.3) is 0 Å². The predicted octanol–water partition coefficient (Wildman–Crippen LogP) is 0.549. The second-order valence-corrected chi connectivity index (χ2v) is 7.09. The molecule has 1 aromatic rings. The molecule has 1 fully saturated rings. The van der Waals surface area contributed by atoms with Crippen molar-refractivity contribution in [3.8, 4) is 0 Å². The maximum Gasteiger partial charge on any atom is 0.245 e. The van der Waals surface area contributed by atoms with E-state index in [0.29, 0.717) is 6.54 Å². The first kappa shape index (κ1) is 12.7. The first-order chi connectivity index (χ1) is 7.99. The topological polar surface area (TPSA) is 79.0 Å². The van der Waals surface area contributed by atoms with E-state index in [9.17, 15) is 13.2 Å². The Kier molecular flexibility index (Phi) is 3.33. The van der Waals surface area contributed by atoms with Crippen LogP contribution in [0, 0.1) is 0 Å². The lowest BCUT2D eigenvalue weighted by atomic mass is 10.4. The molecule has 0 bridgehead atoms. The molecule has 1 aromatic heterocycles. The van der Waals surface area contributed by atoms with Gasteiger partial charge in [0, 0.05) is 29.8 Å². The van der Waals surface area contributed by atoms with Gasteiger partial charge >= 0.3 is 0 Å². The second-order valence-electron chi connectivity index (χ2n) is 4.08. The largest absolute Gasteiger partial charge is 0.366 e. The van der Waals surface area contributed by atoms with Crippen LogP contribution in [0.15, 0.2) is 28.2 Å².